The Balaban J connectivity index is 2.24. The first-order chi connectivity index (χ1) is 8.29. The molecule has 0 saturated carbocycles. The Morgan fingerprint density at radius 2 is 1.94 bits per heavy atom. The number of hydrogen-bond donors (Lipinski definition) is 0. The van der Waals surface area contributed by atoms with Crippen molar-refractivity contribution in [3.8, 4) is 11.5 Å². The molecule has 0 unspecified atom stereocenters. The van der Waals surface area contributed by atoms with Gasteiger partial charge >= 0.3 is 0 Å². The van der Waals surface area contributed by atoms with Gasteiger partial charge in [0.15, 0.2) is 0 Å². The molecule has 1 aromatic rings. The van der Waals surface area contributed by atoms with Gasteiger partial charge in [-0.1, -0.05) is 26.8 Å². The van der Waals surface area contributed by atoms with E-state index in [1.807, 2.05) is 18.2 Å². The summed E-state index contributed by atoms with van der Waals surface area (Å²) in [5.41, 5.74) is 1.11. The van der Waals surface area contributed by atoms with Crippen LogP contribution in [0, 0.1) is 0 Å². The van der Waals surface area contributed by atoms with Crippen LogP contribution in [-0.2, 0) is 0 Å². The number of fused-ring (bicyclic) bond motifs is 1. The van der Waals surface area contributed by atoms with Crippen LogP contribution < -0.4 is 9.16 Å². The fraction of sp³-hybridized carbons (Fsp3) is 0.467. The molecule has 0 bridgehead atoms. The van der Waals surface area contributed by atoms with Crippen LogP contribution in [0.15, 0.2) is 24.3 Å². The van der Waals surface area contributed by atoms with Crippen molar-refractivity contribution in [3.05, 3.63) is 29.8 Å². The summed E-state index contributed by atoms with van der Waals surface area (Å²) >= 11 is 0. The minimum absolute atomic E-state index is 0.218. The van der Waals surface area contributed by atoms with Crippen molar-refractivity contribution in [1.29, 1.82) is 0 Å². The molecule has 3 heteroatoms. The molecule has 1 aliphatic heterocycles. The molecule has 1 heterocycles. The Kier molecular flexibility index (Phi) is 3.28. The largest absolute Gasteiger partial charge is 0.543 e. The van der Waals surface area contributed by atoms with Gasteiger partial charge in [0, 0.05) is 5.56 Å². The van der Waals surface area contributed by atoms with Gasteiger partial charge in [0.2, 0.25) is 8.32 Å². The Hall–Kier alpha value is -1.22. The normalized spacial score (nSPS) is 14.9. The van der Waals surface area contributed by atoms with E-state index < -0.39 is 8.32 Å². The summed E-state index contributed by atoms with van der Waals surface area (Å²) in [5.74, 6) is 1.90. The highest BCUT2D eigenvalue weighted by Gasteiger charge is 2.39. The monoisotopic (exact) mass is 262 g/mol. The summed E-state index contributed by atoms with van der Waals surface area (Å²) in [6.07, 6.45) is 4.12. The van der Waals surface area contributed by atoms with Crippen LogP contribution in [0.25, 0.3) is 6.08 Å². The fourth-order valence-corrected chi connectivity index (χ4v) is 2.63. The van der Waals surface area contributed by atoms with E-state index in [-0.39, 0.29) is 5.04 Å². The zero-order valence-corrected chi connectivity index (χ0v) is 12.9. The van der Waals surface area contributed by atoms with Crippen molar-refractivity contribution in [2.45, 2.75) is 38.9 Å². The molecule has 98 valence electrons. The lowest BCUT2D eigenvalue weighted by Crippen LogP contribution is -2.43. The average molecular weight is 262 g/mol. The van der Waals surface area contributed by atoms with Crippen LogP contribution in [0.5, 0.6) is 11.5 Å². The molecule has 0 fully saturated rings. The van der Waals surface area contributed by atoms with Crippen LogP contribution >= 0.6 is 0 Å². The Morgan fingerprint density at radius 3 is 2.61 bits per heavy atom. The minimum atomic E-state index is -1.76. The van der Waals surface area contributed by atoms with Crippen molar-refractivity contribution >= 4 is 14.4 Å². The molecule has 0 amide bonds. The van der Waals surface area contributed by atoms with Gasteiger partial charge in [-0.3, -0.25) is 0 Å². The molecule has 2 rings (SSSR count). The highest BCUT2D eigenvalue weighted by molar-refractivity contribution is 6.74. The highest BCUT2D eigenvalue weighted by atomic mass is 28.4. The predicted octanol–water partition coefficient (Wildman–Crippen LogP) is 4.48. The van der Waals surface area contributed by atoms with E-state index in [1.54, 1.807) is 0 Å². The molecule has 0 radical (unpaired) electrons. The number of rotatable bonds is 2. The van der Waals surface area contributed by atoms with Crippen molar-refractivity contribution in [2.75, 3.05) is 6.61 Å². The summed E-state index contributed by atoms with van der Waals surface area (Å²) in [6, 6.07) is 6.09. The average Bonchev–Trinajstić information content (AvgIpc) is 2.27. The van der Waals surface area contributed by atoms with Gasteiger partial charge in [0.1, 0.15) is 18.1 Å². The molecule has 0 aliphatic carbocycles. The van der Waals surface area contributed by atoms with Crippen molar-refractivity contribution in [3.63, 3.8) is 0 Å². The quantitative estimate of drug-likeness (QED) is 0.732. The first kappa shape index (κ1) is 13.2. The second-order valence-corrected chi connectivity index (χ2v) is 11.0. The van der Waals surface area contributed by atoms with E-state index >= 15 is 0 Å². The van der Waals surface area contributed by atoms with E-state index in [0.29, 0.717) is 6.61 Å². The lowest BCUT2D eigenvalue weighted by molar-refractivity contribution is 0.358. The summed E-state index contributed by atoms with van der Waals surface area (Å²) < 4.78 is 11.8. The molecular formula is C15H22O2Si. The molecule has 0 atom stereocenters. The van der Waals surface area contributed by atoms with Gasteiger partial charge in [0.25, 0.3) is 0 Å². The van der Waals surface area contributed by atoms with Gasteiger partial charge in [-0.2, -0.15) is 0 Å². The Bertz CT molecular complexity index is 470. The lowest BCUT2D eigenvalue weighted by Gasteiger charge is -2.36. The maximum absolute atomic E-state index is 6.28. The molecule has 0 spiro atoms. The van der Waals surface area contributed by atoms with Crippen molar-refractivity contribution in [2.24, 2.45) is 0 Å². The SMILES string of the molecule is CC(C)(C)[Si](C)(C)Oc1ccc2c(c1)C=CCO2. The smallest absolute Gasteiger partial charge is 0.250 e. The van der Waals surface area contributed by atoms with Gasteiger partial charge in [-0.05, 0) is 42.4 Å². The van der Waals surface area contributed by atoms with Gasteiger partial charge in [-0.15, -0.1) is 0 Å². The first-order valence-electron chi connectivity index (χ1n) is 6.42. The van der Waals surface area contributed by atoms with E-state index in [0.717, 1.165) is 17.1 Å². The van der Waals surface area contributed by atoms with Crippen LogP contribution in [0.3, 0.4) is 0 Å². The second kappa shape index (κ2) is 4.46. The predicted molar refractivity (Wildman–Crippen MR) is 78.8 cm³/mol. The Labute approximate surface area is 111 Å². The molecule has 1 aromatic carbocycles. The van der Waals surface area contributed by atoms with Crippen LogP contribution in [0.1, 0.15) is 26.3 Å². The summed E-state index contributed by atoms with van der Waals surface area (Å²) in [6.45, 7) is 11.9. The first-order valence-corrected chi connectivity index (χ1v) is 9.33. The maximum Gasteiger partial charge on any atom is 0.250 e. The standard InChI is InChI=1S/C15H22O2Si/c1-15(2,3)18(4,5)17-13-8-9-14-12(11-13)7-6-10-16-14/h6-9,11H,10H2,1-5H3. The van der Waals surface area contributed by atoms with E-state index in [4.69, 9.17) is 9.16 Å². The number of ether oxygens (including phenoxy) is 1. The van der Waals surface area contributed by atoms with Crippen molar-refractivity contribution in [1.82, 2.24) is 0 Å². The zero-order valence-electron chi connectivity index (χ0n) is 11.9. The Morgan fingerprint density at radius 1 is 1.22 bits per heavy atom. The van der Waals surface area contributed by atoms with E-state index in [2.05, 4.69) is 46.0 Å². The molecule has 0 N–H and O–H groups in total. The maximum atomic E-state index is 6.28. The molecule has 0 saturated heterocycles. The molecule has 18 heavy (non-hydrogen) atoms. The van der Waals surface area contributed by atoms with Gasteiger partial charge in [-0.25, -0.2) is 0 Å². The number of benzene rings is 1. The summed E-state index contributed by atoms with van der Waals surface area (Å²) in [7, 11) is -1.76. The summed E-state index contributed by atoms with van der Waals surface area (Å²) in [5, 5.41) is 0.218. The highest BCUT2D eigenvalue weighted by Crippen LogP contribution is 2.38. The van der Waals surface area contributed by atoms with Crippen LogP contribution in [0.2, 0.25) is 18.1 Å². The third kappa shape index (κ3) is 2.61. The summed E-state index contributed by atoms with van der Waals surface area (Å²) in [4.78, 5) is 0. The number of hydrogen-bond acceptors (Lipinski definition) is 2. The second-order valence-electron chi connectivity index (χ2n) is 6.28. The topological polar surface area (TPSA) is 18.5 Å². The van der Waals surface area contributed by atoms with Gasteiger partial charge in [0.05, 0.1) is 0 Å². The third-order valence-electron chi connectivity index (χ3n) is 3.79. The molecule has 2 nitrogen and oxygen atoms in total. The van der Waals surface area contributed by atoms with E-state index in [1.165, 1.54) is 0 Å². The van der Waals surface area contributed by atoms with E-state index in [9.17, 15) is 0 Å². The molecule has 1 aliphatic rings. The van der Waals surface area contributed by atoms with Gasteiger partial charge < -0.3 is 9.16 Å². The van der Waals surface area contributed by atoms with Crippen molar-refractivity contribution < 1.29 is 9.16 Å². The van der Waals surface area contributed by atoms with Crippen LogP contribution in [0.4, 0.5) is 0 Å². The lowest BCUT2D eigenvalue weighted by atomic mass is 10.1. The molecular weight excluding hydrogens is 240 g/mol. The minimum Gasteiger partial charge on any atom is -0.543 e. The van der Waals surface area contributed by atoms with Crippen LogP contribution in [-0.4, -0.2) is 14.9 Å². The zero-order chi connectivity index (χ0) is 13.4. The molecule has 0 aromatic heterocycles. The fourth-order valence-electron chi connectivity index (χ4n) is 1.61. The third-order valence-corrected chi connectivity index (χ3v) is 8.15.